The summed E-state index contributed by atoms with van der Waals surface area (Å²) in [7, 11) is 0. The highest BCUT2D eigenvalue weighted by atomic mass is 35.5. The molecule has 0 fully saturated rings. The van der Waals surface area contributed by atoms with Crippen LogP contribution in [-0.4, -0.2) is 24.5 Å². The summed E-state index contributed by atoms with van der Waals surface area (Å²) in [5.74, 6) is 0.211. The Morgan fingerprint density at radius 1 is 1.00 bits per heavy atom. The van der Waals surface area contributed by atoms with Gasteiger partial charge in [-0.15, -0.1) is 0 Å². The summed E-state index contributed by atoms with van der Waals surface area (Å²) in [6.07, 6.45) is -0.775. The number of hydrazine groups is 1. The summed E-state index contributed by atoms with van der Waals surface area (Å²) in [4.78, 5) is 24.1. The van der Waals surface area contributed by atoms with E-state index in [-0.39, 0.29) is 6.61 Å². The van der Waals surface area contributed by atoms with Crippen LogP contribution in [0.4, 0.5) is 0 Å². The van der Waals surface area contributed by atoms with E-state index in [1.807, 2.05) is 45.9 Å². The number of rotatable bonds is 6. The van der Waals surface area contributed by atoms with Crippen LogP contribution in [0.1, 0.15) is 29.2 Å². The van der Waals surface area contributed by atoms with Crippen LogP contribution in [0, 0.1) is 27.7 Å². The lowest BCUT2D eigenvalue weighted by Crippen LogP contribution is -2.48. The number of ether oxygens (including phenoxy) is 2. The summed E-state index contributed by atoms with van der Waals surface area (Å²) in [6.45, 7) is 8.94. The highest BCUT2D eigenvalue weighted by Crippen LogP contribution is 2.25. The molecule has 1 atom stereocenters. The number of halogens is 1. The third kappa shape index (κ3) is 5.89. The van der Waals surface area contributed by atoms with Gasteiger partial charge in [0.1, 0.15) is 11.5 Å². The van der Waals surface area contributed by atoms with Gasteiger partial charge in [0.05, 0.1) is 0 Å². The maximum Gasteiger partial charge on any atom is 0.279 e. The van der Waals surface area contributed by atoms with E-state index < -0.39 is 17.9 Å². The monoisotopic (exact) mass is 404 g/mol. The number of carbonyl (C=O) groups excluding carboxylic acids is 2. The lowest BCUT2D eigenvalue weighted by atomic mass is 10.1. The number of amides is 2. The molecule has 7 heteroatoms. The summed E-state index contributed by atoms with van der Waals surface area (Å²) >= 11 is 6.11. The zero-order valence-electron chi connectivity index (χ0n) is 16.7. The van der Waals surface area contributed by atoms with Crippen molar-refractivity contribution in [1.82, 2.24) is 10.9 Å². The maximum atomic E-state index is 12.1. The zero-order chi connectivity index (χ0) is 20.8. The molecule has 150 valence electrons. The van der Waals surface area contributed by atoms with E-state index in [1.165, 1.54) is 0 Å². The summed E-state index contributed by atoms with van der Waals surface area (Å²) in [5.41, 5.74) is 8.34. The van der Waals surface area contributed by atoms with E-state index in [1.54, 1.807) is 19.1 Å². The zero-order valence-corrected chi connectivity index (χ0v) is 17.4. The Hall–Kier alpha value is -2.73. The number of nitrogens with one attached hydrogen (secondary N) is 2. The molecule has 28 heavy (non-hydrogen) atoms. The van der Waals surface area contributed by atoms with Crippen LogP contribution in [0.3, 0.4) is 0 Å². The van der Waals surface area contributed by atoms with Crippen molar-refractivity contribution in [1.29, 1.82) is 0 Å². The van der Waals surface area contributed by atoms with Crippen molar-refractivity contribution < 1.29 is 19.1 Å². The molecule has 2 rings (SSSR count). The third-order valence-corrected chi connectivity index (χ3v) is 4.72. The van der Waals surface area contributed by atoms with Crippen molar-refractivity contribution >= 4 is 23.4 Å². The highest BCUT2D eigenvalue weighted by molar-refractivity contribution is 6.32. The predicted octanol–water partition coefficient (Wildman–Crippen LogP) is 3.57. The van der Waals surface area contributed by atoms with Crippen LogP contribution in [0.25, 0.3) is 0 Å². The van der Waals surface area contributed by atoms with Crippen molar-refractivity contribution in [2.45, 2.75) is 40.7 Å². The van der Waals surface area contributed by atoms with Crippen molar-refractivity contribution in [2.24, 2.45) is 0 Å². The number of carbonyl (C=O) groups is 2. The Morgan fingerprint density at radius 3 is 2.29 bits per heavy atom. The molecule has 1 unspecified atom stereocenters. The van der Waals surface area contributed by atoms with E-state index in [0.717, 1.165) is 22.3 Å². The molecule has 0 spiro atoms. The molecule has 0 saturated carbocycles. The molecule has 2 aromatic carbocycles. The van der Waals surface area contributed by atoms with Gasteiger partial charge in [-0.3, -0.25) is 20.4 Å². The minimum absolute atomic E-state index is 0.243. The molecular formula is C21H25ClN2O4. The largest absolute Gasteiger partial charge is 0.484 e. The van der Waals surface area contributed by atoms with Crippen LogP contribution >= 0.6 is 11.6 Å². The van der Waals surface area contributed by atoms with Gasteiger partial charge in [0.2, 0.25) is 0 Å². The second kappa shape index (κ2) is 9.46. The SMILES string of the molecule is Cc1ccc(C)c(OC(C)C(=O)NNC(=O)COc2cc(C)c(Cl)c(C)c2)c1. The van der Waals surface area contributed by atoms with Crippen LogP contribution in [0.15, 0.2) is 30.3 Å². The van der Waals surface area contributed by atoms with Crippen molar-refractivity contribution in [2.75, 3.05) is 6.61 Å². The lowest BCUT2D eigenvalue weighted by Gasteiger charge is -2.17. The number of benzene rings is 2. The van der Waals surface area contributed by atoms with Gasteiger partial charge in [-0.05, 0) is 75.1 Å². The lowest BCUT2D eigenvalue weighted by molar-refractivity contribution is -0.133. The smallest absolute Gasteiger partial charge is 0.279 e. The Labute approximate surface area is 170 Å². The fourth-order valence-electron chi connectivity index (χ4n) is 2.49. The van der Waals surface area contributed by atoms with Gasteiger partial charge in [0.25, 0.3) is 11.8 Å². The second-order valence-corrected chi connectivity index (χ2v) is 7.10. The van der Waals surface area contributed by atoms with Gasteiger partial charge < -0.3 is 9.47 Å². The van der Waals surface area contributed by atoms with Gasteiger partial charge in [-0.1, -0.05) is 23.7 Å². The molecule has 2 aromatic rings. The van der Waals surface area contributed by atoms with E-state index in [2.05, 4.69) is 10.9 Å². The Morgan fingerprint density at radius 2 is 1.64 bits per heavy atom. The predicted molar refractivity (Wildman–Crippen MR) is 109 cm³/mol. The first-order chi connectivity index (χ1) is 13.2. The molecule has 6 nitrogen and oxygen atoms in total. The van der Waals surface area contributed by atoms with Gasteiger partial charge in [-0.2, -0.15) is 0 Å². The summed E-state index contributed by atoms with van der Waals surface area (Å²) < 4.78 is 11.1. The number of hydrogen-bond acceptors (Lipinski definition) is 4. The maximum absolute atomic E-state index is 12.1. The minimum Gasteiger partial charge on any atom is -0.484 e. The second-order valence-electron chi connectivity index (χ2n) is 6.73. The molecule has 0 aromatic heterocycles. The van der Waals surface area contributed by atoms with Crippen LogP contribution in [-0.2, 0) is 9.59 Å². The molecule has 0 aliphatic carbocycles. The van der Waals surface area contributed by atoms with E-state index in [4.69, 9.17) is 21.1 Å². The van der Waals surface area contributed by atoms with E-state index in [0.29, 0.717) is 16.5 Å². The van der Waals surface area contributed by atoms with Crippen molar-refractivity contribution in [3.63, 3.8) is 0 Å². The van der Waals surface area contributed by atoms with Gasteiger partial charge in [-0.25, -0.2) is 0 Å². The summed E-state index contributed by atoms with van der Waals surface area (Å²) in [5, 5.41) is 0.668. The molecule has 0 aliphatic heterocycles. The van der Waals surface area contributed by atoms with Crippen molar-refractivity contribution in [3.05, 3.63) is 57.6 Å². The molecule has 0 aliphatic rings. The van der Waals surface area contributed by atoms with Crippen LogP contribution < -0.4 is 20.3 Å². The molecule has 0 heterocycles. The summed E-state index contributed by atoms with van der Waals surface area (Å²) in [6, 6.07) is 9.26. The first-order valence-corrected chi connectivity index (χ1v) is 9.27. The topological polar surface area (TPSA) is 76.7 Å². The van der Waals surface area contributed by atoms with E-state index in [9.17, 15) is 9.59 Å². The van der Waals surface area contributed by atoms with Crippen LogP contribution in [0.2, 0.25) is 5.02 Å². The average molecular weight is 405 g/mol. The standard InChI is InChI=1S/C21H25ClN2O4/c1-12-6-7-13(2)18(8-12)28-16(5)21(26)24-23-19(25)11-27-17-9-14(3)20(22)15(4)10-17/h6-10,16H,11H2,1-5H3,(H,23,25)(H,24,26). The molecule has 0 saturated heterocycles. The Kier molecular flexibility index (Phi) is 7.29. The first-order valence-electron chi connectivity index (χ1n) is 8.89. The fraction of sp³-hybridized carbons (Fsp3) is 0.333. The number of hydrogen-bond donors (Lipinski definition) is 2. The van der Waals surface area contributed by atoms with Crippen molar-refractivity contribution in [3.8, 4) is 11.5 Å². The minimum atomic E-state index is -0.775. The third-order valence-electron chi connectivity index (χ3n) is 4.12. The van der Waals surface area contributed by atoms with Gasteiger partial charge in [0, 0.05) is 5.02 Å². The Balaban J connectivity index is 1.81. The molecule has 2 N–H and O–H groups in total. The average Bonchev–Trinajstić information content (AvgIpc) is 2.65. The molecular weight excluding hydrogens is 380 g/mol. The van der Waals surface area contributed by atoms with Gasteiger partial charge >= 0.3 is 0 Å². The molecule has 2 amide bonds. The van der Waals surface area contributed by atoms with Crippen LogP contribution in [0.5, 0.6) is 11.5 Å². The normalized spacial score (nSPS) is 11.5. The fourth-order valence-corrected chi connectivity index (χ4v) is 2.59. The quantitative estimate of drug-likeness (QED) is 0.721. The number of aryl methyl sites for hydroxylation is 4. The van der Waals surface area contributed by atoms with Gasteiger partial charge in [0.15, 0.2) is 12.7 Å². The first kappa shape index (κ1) is 21.6. The highest BCUT2D eigenvalue weighted by Gasteiger charge is 2.16. The molecule has 0 bridgehead atoms. The molecule has 0 radical (unpaired) electrons. The van der Waals surface area contributed by atoms with E-state index >= 15 is 0 Å². The Bertz CT molecular complexity index is 860.